The molecule has 0 radical (unpaired) electrons. The number of hydrogen-bond acceptors (Lipinski definition) is 16. The molecule has 9 atom stereocenters. The third-order valence-electron chi connectivity index (χ3n) is 16.7. The number of nitriles is 1. The van der Waals surface area contributed by atoms with Crippen molar-refractivity contribution in [2.24, 2.45) is 5.92 Å². The van der Waals surface area contributed by atoms with Gasteiger partial charge in [0, 0.05) is 48.3 Å². The van der Waals surface area contributed by atoms with Crippen LogP contribution in [0.5, 0.6) is 11.5 Å². The number of aryl methyl sites for hydroxylation is 1. The lowest BCUT2D eigenvalue weighted by Crippen LogP contribution is -2.56. The maximum Gasteiger partial charge on any atom is 0.351 e. The van der Waals surface area contributed by atoms with Gasteiger partial charge in [-0.15, -0.1) is 0 Å². The maximum absolute atomic E-state index is 16.2. The first-order chi connectivity index (χ1) is 41.1. The average Bonchev–Trinajstić information content (AvgIpc) is 1.29. The zero-order valence-corrected chi connectivity index (χ0v) is 52.4. The zero-order chi connectivity index (χ0) is 61.7. The maximum atomic E-state index is 16.2. The number of benzene rings is 4. The van der Waals surface area contributed by atoms with Crippen molar-refractivity contribution in [2.45, 2.75) is 141 Å². The number of nitrogens with one attached hydrogen (secondary N) is 2. The number of methoxy groups -OCH3 is 2. The zero-order valence-electron chi connectivity index (χ0n) is 50.5. The number of carbonyl (C=O) groups is 2. The fourth-order valence-electron chi connectivity index (χ4n) is 11.1. The molecule has 2 amide bonds. The lowest BCUT2D eigenvalue weighted by molar-refractivity contribution is -0.144. The quantitative estimate of drug-likeness (QED) is 0.0313. The lowest BCUT2D eigenvalue weighted by Gasteiger charge is -2.46. The fourth-order valence-corrected chi connectivity index (χ4v) is 14.2. The highest BCUT2D eigenvalue weighted by atomic mass is 31.2. The highest BCUT2D eigenvalue weighted by molar-refractivity contribution is 7.44. The molecule has 3 aliphatic rings. The van der Waals surface area contributed by atoms with Crippen LogP contribution in [0.2, 0.25) is 18.1 Å². The molecule has 2 unspecified atom stereocenters. The Morgan fingerprint density at radius 3 is 2.06 bits per heavy atom. The molecule has 3 fully saturated rings. The number of amides is 2. The third kappa shape index (κ3) is 13.5. The van der Waals surface area contributed by atoms with Gasteiger partial charge in [-0.3, -0.25) is 28.5 Å². The summed E-state index contributed by atoms with van der Waals surface area (Å²) in [6.45, 7) is 17.9. The molecule has 0 saturated carbocycles. The van der Waals surface area contributed by atoms with E-state index >= 15 is 4.79 Å². The van der Waals surface area contributed by atoms with Gasteiger partial charge < -0.3 is 47.4 Å². The Kier molecular flexibility index (Phi) is 19.8. The van der Waals surface area contributed by atoms with Gasteiger partial charge in [-0.2, -0.15) is 10.2 Å². The predicted octanol–water partition coefficient (Wildman–Crippen LogP) is 9.40. The van der Waals surface area contributed by atoms with Gasteiger partial charge in [0.05, 0.1) is 70.9 Å². The van der Waals surface area contributed by atoms with Gasteiger partial charge in [0.15, 0.2) is 14.5 Å². The molecule has 0 bridgehead atoms. The number of aromatic nitrogens is 4. The monoisotopic (exact) mass is 1210 g/mol. The SMILES string of the molecule is COc1ccc(C(OC[C@H]2O[C@@H](n3ccc(NC(=O)c4ccccc4)nc3=O)[C@H](O[Si](C)(C)C(C)(C)C)[C@@H]2CC(=O)N2C[C@H]3O[C@@H](n4cc(C)c(=O)[nH]c4=O)C[C@@H]3OP(OCCC#N)N(C(C)C)C2C)(c2ccccc2)c2ccc(OC)cc2)cc1. The van der Waals surface area contributed by atoms with E-state index in [0.29, 0.717) is 22.6 Å². The summed E-state index contributed by atoms with van der Waals surface area (Å²) in [6.07, 6.45) is -3.23. The molecule has 3 saturated heterocycles. The minimum absolute atomic E-state index is 0.000368. The summed E-state index contributed by atoms with van der Waals surface area (Å²) in [7, 11) is -1.63. The topological polar surface area (TPSA) is 240 Å². The number of H-pyrrole nitrogens is 1. The highest BCUT2D eigenvalue weighted by Crippen LogP contribution is 2.53. The highest BCUT2D eigenvalue weighted by Gasteiger charge is 2.54. The lowest BCUT2D eigenvalue weighted by atomic mass is 9.79. The van der Waals surface area contributed by atoms with Gasteiger partial charge in [-0.05, 0) is 105 Å². The molecule has 6 aromatic rings. The number of fused-ring (bicyclic) bond motifs is 1. The standard InChI is InChI=1S/C63H77N8O13PSi/c1-40(2)71-42(4)69(38-51-50(83-85(71)80-34-18-32-64)36-55(81-51)70-37-41(3)57(73)67-61(70)76)54(72)35-49-52(39-79-63(44-21-16-13-17-22-44,45-23-27-47(77-8)28-24-45)46-25-29-48(78-9)30-26-46)82-59(56(49)84-86(10,11)62(5,6)7)68-33-31-53(66-60(68)75)65-58(74)43-19-14-12-15-20-43/h12-17,19-31,33,37,40,42,49-52,55-56,59H,18,34-36,38-39H2,1-11H3,(H,67,73,76)(H,65,66,74,75)/t42?,49-,50+,51-,52-,55-,56-,59-,85?/m1/s1. The van der Waals surface area contributed by atoms with Crippen LogP contribution in [0.15, 0.2) is 142 Å². The molecule has 2 N–H and O–H groups in total. The van der Waals surface area contributed by atoms with E-state index in [0.717, 1.165) is 16.7 Å². The molecular weight excluding hydrogens is 1140 g/mol. The number of rotatable bonds is 20. The van der Waals surface area contributed by atoms with E-state index < -0.39 is 94.2 Å². The average molecular weight is 1210 g/mol. The molecular formula is C63H77N8O13PSi. The summed E-state index contributed by atoms with van der Waals surface area (Å²) in [4.78, 5) is 78.7. The van der Waals surface area contributed by atoms with E-state index in [1.54, 1.807) is 56.4 Å². The Balaban J connectivity index is 1.18. The van der Waals surface area contributed by atoms with Crippen LogP contribution in [0, 0.1) is 24.2 Å². The third-order valence-corrected chi connectivity index (χ3v) is 23.2. The van der Waals surface area contributed by atoms with E-state index in [4.69, 9.17) is 37.2 Å². The van der Waals surface area contributed by atoms with Gasteiger partial charge >= 0.3 is 11.4 Å². The van der Waals surface area contributed by atoms with Crippen LogP contribution in [-0.4, -0.2) is 119 Å². The number of aromatic amines is 1. The fraction of sp³-hybridized carbons (Fsp3) is 0.444. The van der Waals surface area contributed by atoms with Crippen molar-refractivity contribution in [3.05, 3.63) is 187 Å². The number of hydrogen-bond donors (Lipinski definition) is 2. The van der Waals surface area contributed by atoms with Crippen molar-refractivity contribution >= 4 is 34.5 Å². The van der Waals surface area contributed by atoms with Crippen molar-refractivity contribution in [1.29, 1.82) is 5.26 Å². The predicted molar refractivity (Wildman–Crippen MR) is 326 cm³/mol. The van der Waals surface area contributed by atoms with E-state index in [-0.39, 0.29) is 61.8 Å². The summed E-state index contributed by atoms with van der Waals surface area (Å²) in [5.41, 5.74) is -0.288. The molecule has 2 aromatic heterocycles. The Bertz CT molecular complexity index is 3490. The van der Waals surface area contributed by atoms with Gasteiger partial charge in [0.25, 0.3) is 20.0 Å². The molecule has 23 heteroatoms. The Hall–Kier alpha value is -7.16. The smallest absolute Gasteiger partial charge is 0.351 e. The van der Waals surface area contributed by atoms with Gasteiger partial charge in [0.1, 0.15) is 35.2 Å². The minimum atomic E-state index is -2.87. The Morgan fingerprint density at radius 1 is 0.860 bits per heavy atom. The van der Waals surface area contributed by atoms with E-state index in [1.165, 1.54) is 27.6 Å². The minimum Gasteiger partial charge on any atom is -0.497 e. The first-order valence-corrected chi connectivity index (χ1v) is 32.9. The molecule has 0 aliphatic carbocycles. The number of carbonyl (C=O) groups excluding carboxylic acids is 2. The van der Waals surface area contributed by atoms with Crippen LogP contribution in [0.4, 0.5) is 5.82 Å². The number of nitrogens with zero attached hydrogens (tertiary/aromatic N) is 6. The van der Waals surface area contributed by atoms with Gasteiger partial charge in [-0.1, -0.05) is 93.6 Å². The molecule has 0 spiro atoms. The molecule has 9 rings (SSSR count). The number of ether oxygens (including phenoxy) is 5. The number of anilines is 1. The van der Waals surface area contributed by atoms with Crippen LogP contribution in [0.1, 0.15) is 106 Å². The molecule has 5 heterocycles. The van der Waals surface area contributed by atoms with E-state index in [1.807, 2.05) is 104 Å². The summed E-state index contributed by atoms with van der Waals surface area (Å²) in [5.74, 6) is -0.327. The summed E-state index contributed by atoms with van der Waals surface area (Å²) in [6, 6.07) is 37.1. The largest absolute Gasteiger partial charge is 0.497 e. The first kappa shape index (κ1) is 63.3. The molecule has 456 valence electrons. The second-order valence-corrected chi connectivity index (χ2v) is 29.7. The van der Waals surface area contributed by atoms with Crippen molar-refractivity contribution in [3.63, 3.8) is 0 Å². The van der Waals surface area contributed by atoms with Crippen LogP contribution in [0.25, 0.3) is 0 Å². The van der Waals surface area contributed by atoms with Crippen molar-refractivity contribution in [2.75, 3.05) is 39.3 Å². The van der Waals surface area contributed by atoms with Crippen LogP contribution < -0.4 is 31.7 Å². The van der Waals surface area contributed by atoms with Crippen molar-refractivity contribution in [1.82, 2.24) is 28.7 Å². The first-order valence-electron chi connectivity index (χ1n) is 28.9. The van der Waals surface area contributed by atoms with Crippen molar-refractivity contribution in [3.8, 4) is 17.6 Å². The van der Waals surface area contributed by atoms with Gasteiger partial charge in [-0.25, -0.2) is 14.3 Å². The molecule has 21 nitrogen and oxygen atoms in total. The van der Waals surface area contributed by atoms with Crippen molar-refractivity contribution < 1.29 is 46.7 Å². The molecule has 3 aliphatic heterocycles. The summed E-state index contributed by atoms with van der Waals surface area (Å²) in [5, 5.41) is 12.0. The molecule has 86 heavy (non-hydrogen) atoms. The second kappa shape index (κ2) is 26.8. The van der Waals surface area contributed by atoms with E-state index in [2.05, 4.69) is 55.2 Å². The Morgan fingerprint density at radius 2 is 1.48 bits per heavy atom. The summed E-state index contributed by atoms with van der Waals surface area (Å²) >= 11 is 0. The van der Waals surface area contributed by atoms with Crippen LogP contribution in [0.3, 0.4) is 0 Å². The van der Waals surface area contributed by atoms with Gasteiger partial charge in [0.2, 0.25) is 5.91 Å². The van der Waals surface area contributed by atoms with Crippen LogP contribution >= 0.6 is 8.53 Å². The normalized spacial score (nSPS) is 22.8. The second-order valence-electron chi connectivity index (χ2n) is 23.5. The Labute approximate surface area is 503 Å². The molecule has 4 aromatic carbocycles. The van der Waals surface area contributed by atoms with Crippen LogP contribution in [-0.2, 0) is 38.1 Å². The summed E-state index contributed by atoms with van der Waals surface area (Å²) < 4.78 is 58.3. The van der Waals surface area contributed by atoms with E-state index in [9.17, 15) is 24.4 Å².